The van der Waals surface area contributed by atoms with E-state index in [2.05, 4.69) is 10.2 Å². The molecule has 3 rings (SSSR count). The van der Waals surface area contributed by atoms with Gasteiger partial charge in [0.1, 0.15) is 5.75 Å². The molecule has 1 aromatic carbocycles. The molecule has 1 saturated heterocycles. The van der Waals surface area contributed by atoms with E-state index >= 15 is 0 Å². The van der Waals surface area contributed by atoms with Gasteiger partial charge in [-0.15, -0.1) is 0 Å². The number of benzene rings is 1. The lowest BCUT2D eigenvalue weighted by atomic mass is 9.90. The normalized spacial score (nSPS) is 16.9. The van der Waals surface area contributed by atoms with E-state index in [0.717, 1.165) is 42.9 Å². The van der Waals surface area contributed by atoms with Crippen LogP contribution in [0.4, 0.5) is 0 Å². The highest BCUT2D eigenvalue weighted by Gasteiger charge is 2.27. The summed E-state index contributed by atoms with van der Waals surface area (Å²) in [5, 5.41) is 7.02. The Balaban J connectivity index is 1.76. The maximum absolute atomic E-state index is 12.9. The summed E-state index contributed by atoms with van der Waals surface area (Å²) in [5.74, 6) is 1.31. The first-order chi connectivity index (χ1) is 11.6. The molecule has 1 amide bonds. The molecule has 2 heterocycles. The van der Waals surface area contributed by atoms with Crippen molar-refractivity contribution in [2.75, 3.05) is 20.2 Å². The molecule has 1 aliphatic rings. The molecule has 0 spiro atoms. The Kier molecular flexibility index (Phi) is 4.85. The predicted molar refractivity (Wildman–Crippen MR) is 92.9 cm³/mol. The second-order valence-corrected chi connectivity index (χ2v) is 6.38. The Morgan fingerprint density at radius 2 is 2.00 bits per heavy atom. The first-order valence-corrected chi connectivity index (χ1v) is 8.32. The van der Waals surface area contributed by atoms with Crippen molar-refractivity contribution >= 4 is 5.91 Å². The zero-order valence-corrected chi connectivity index (χ0v) is 14.2. The minimum atomic E-state index is 0.0256. The third-order valence-electron chi connectivity index (χ3n) is 4.82. The number of nitrogens with one attached hydrogen (secondary N) is 1. The zero-order valence-electron chi connectivity index (χ0n) is 14.2. The van der Waals surface area contributed by atoms with Gasteiger partial charge >= 0.3 is 0 Å². The number of H-pyrrole nitrogens is 1. The van der Waals surface area contributed by atoms with Gasteiger partial charge in [-0.2, -0.15) is 5.10 Å². The van der Waals surface area contributed by atoms with Crippen LogP contribution in [0.2, 0.25) is 0 Å². The molecule has 1 aliphatic heterocycles. The van der Waals surface area contributed by atoms with E-state index in [4.69, 9.17) is 10.5 Å². The van der Waals surface area contributed by atoms with Crippen molar-refractivity contribution in [2.24, 2.45) is 11.7 Å². The summed E-state index contributed by atoms with van der Waals surface area (Å²) in [6.45, 7) is 3.54. The van der Waals surface area contributed by atoms with Crippen LogP contribution >= 0.6 is 0 Å². The van der Waals surface area contributed by atoms with Crippen molar-refractivity contribution in [1.29, 1.82) is 0 Å². The SMILES string of the molecule is COc1ccc(-c2[nH]ncc2C(=O)N2CCC(C(C)N)CC2)cc1. The summed E-state index contributed by atoms with van der Waals surface area (Å²) in [7, 11) is 1.63. The molecule has 2 aromatic rings. The summed E-state index contributed by atoms with van der Waals surface area (Å²) in [4.78, 5) is 14.8. The van der Waals surface area contributed by atoms with Crippen molar-refractivity contribution < 1.29 is 9.53 Å². The van der Waals surface area contributed by atoms with E-state index < -0.39 is 0 Å². The number of piperidine rings is 1. The molecule has 1 unspecified atom stereocenters. The summed E-state index contributed by atoms with van der Waals surface area (Å²) in [6.07, 6.45) is 3.53. The fraction of sp³-hybridized carbons (Fsp3) is 0.444. The Morgan fingerprint density at radius 3 is 2.58 bits per heavy atom. The van der Waals surface area contributed by atoms with Crippen LogP contribution in [0.15, 0.2) is 30.5 Å². The number of aromatic nitrogens is 2. The number of likely N-dealkylation sites (tertiary alicyclic amines) is 1. The lowest BCUT2D eigenvalue weighted by Crippen LogP contribution is -2.42. The molecular formula is C18H24N4O2. The van der Waals surface area contributed by atoms with Crippen molar-refractivity contribution in [3.63, 3.8) is 0 Å². The minimum Gasteiger partial charge on any atom is -0.497 e. The highest BCUT2D eigenvalue weighted by Crippen LogP contribution is 2.26. The summed E-state index contributed by atoms with van der Waals surface area (Å²) in [5.41, 5.74) is 8.25. The predicted octanol–water partition coefficient (Wildman–Crippen LogP) is 2.28. The van der Waals surface area contributed by atoms with Gasteiger partial charge in [0.25, 0.3) is 5.91 Å². The molecule has 6 heteroatoms. The number of methoxy groups -OCH3 is 1. The molecule has 0 saturated carbocycles. The number of hydrogen-bond donors (Lipinski definition) is 2. The third-order valence-corrected chi connectivity index (χ3v) is 4.82. The van der Waals surface area contributed by atoms with Crippen LogP contribution < -0.4 is 10.5 Å². The Labute approximate surface area is 142 Å². The molecule has 1 aromatic heterocycles. The molecule has 0 radical (unpaired) electrons. The van der Waals surface area contributed by atoms with Crippen molar-refractivity contribution in [3.05, 3.63) is 36.0 Å². The molecule has 24 heavy (non-hydrogen) atoms. The molecule has 1 fully saturated rings. The standard InChI is InChI=1S/C18H24N4O2/c1-12(19)13-7-9-22(10-8-13)18(23)16-11-20-21-17(16)14-3-5-15(24-2)6-4-14/h3-6,11-13H,7-10,19H2,1-2H3,(H,20,21). The summed E-state index contributed by atoms with van der Waals surface area (Å²) in [6, 6.07) is 7.78. The summed E-state index contributed by atoms with van der Waals surface area (Å²) < 4.78 is 5.18. The van der Waals surface area contributed by atoms with Crippen LogP contribution in [0.1, 0.15) is 30.1 Å². The number of aromatic amines is 1. The first kappa shape index (κ1) is 16.5. The Morgan fingerprint density at radius 1 is 1.33 bits per heavy atom. The van der Waals surface area contributed by atoms with Gasteiger partial charge in [0, 0.05) is 24.7 Å². The Bertz CT molecular complexity index is 685. The molecule has 6 nitrogen and oxygen atoms in total. The van der Waals surface area contributed by atoms with E-state index in [1.165, 1.54) is 0 Å². The Hall–Kier alpha value is -2.34. The number of ether oxygens (including phenoxy) is 1. The van der Waals surface area contributed by atoms with Crippen LogP contribution in [-0.2, 0) is 0 Å². The van der Waals surface area contributed by atoms with E-state index in [-0.39, 0.29) is 11.9 Å². The fourth-order valence-electron chi connectivity index (χ4n) is 3.22. The second kappa shape index (κ2) is 7.05. The largest absolute Gasteiger partial charge is 0.497 e. The van der Waals surface area contributed by atoms with Gasteiger partial charge in [-0.05, 0) is 49.9 Å². The van der Waals surface area contributed by atoms with E-state index in [1.807, 2.05) is 36.1 Å². The number of nitrogens with two attached hydrogens (primary N) is 1. The maximum atomic E-state index is 12.9. The molecule has 128 valence electrons. The number of rotatable bonds is 4. The van der Waals surface area contributed by atoms with Crippen LogP contribution in [-0.4, -0.2) is 47.2 Å². The van der Waals surface area contributed by atoms with Gasteiger partial charge in [0.15, 0.2) is 0 Å². The van der Waals surface area contributed by atoms with E-state index in [1.54, 1.807) is 13.3 Å². The average Bonchev–Trinajstić information content (AvgIpc) is 3.11. The van der Waals surface area contributed by atoms with Crippen LogP contribution in [0.3, 0.4) is 0 Å². The van der Waals surface area contributed by atoms with Gasteiger partial charge in [-0.1, -0.05) is 0 Å². The van der Waals surface area contributed by atoms with Gasteiger partial charge < -0.3 is 15.4 Å². The lowest BCUT2D eigenvalue weighted by molar-refractivity contribution is 0.0682. The topological polar surface area (TPSA) is 84.2 Å². The molecule has 0 bridgehead atoms. The van der Waals surface area contributed by atoms with Crippen LogP contribution in [0.25, 0.3) is 11.3 Å². The minimum absolute atomic E-state index is 0.0256. The van der Waals surface area contributed by atoms with Gasteiger partial charge in [0.2, 0.25) is 0 Å². The second-order valence-electron chi connectivity index (χ2n) is 6.38. The molecule has 3 N–H and O–H groups in total. The molecule has 0 aliphatic carbocycles. The van der Waals surface area contributed by atoms with Crippen molar-refractivity contribution in [2.45, 2.75) is 25.8 Å². The number of nitrogens with zero attached hydrogens (tertiary/aromatic N) is 2. The maximum Gasteiger partial charge on any atom is 0.257 e. The van der Waals surface area contributed by atoms with Gasteiger partial charge in [-0.25, -0.2) is 0 Å². The highest BCUT2D eigenvalue weighted by atomic mass is 16.5. The molecular weight excluding hydrogens is 304 g/mol. The fourth-order valence-corrected chi connectivity index (χ4v) is 3.22. The highest BCUT2D eigenvalue weighted by molar-refractivity contribution is 5.99. The van der Waals surface area contributed by atoms with Gasteiger partial charge in [-0.3, -0.25) is 9.89 Å². The number of carbonyl (C=O) groups is 1. The first-order valence-electron chi connectivity index (χ1n) is 8.32. The number of carbonyl (C=O) groups excluding carboxylic acids is 1. The van der Waals surface area contributed by atoms with E-state index in [0.29, 0.717) is 11.5 Å². The third kappa shape index (κ3) is 3.28. The smallest absolute Gasteiger partial charge is 0.257 e. The monoisotopic (exact) mass is 328 g/mol. The van der Waals surface area contributed by atoms with Crippen molar-refractivity contribution in [1.82, 2.24) is 15.1 Å². The molecule has 1 atom stereocenters. The quantitative estimate of drug-likeness (QED) is 0.902. The number of hydrogen-bond acceptors (Lipinski definition) is 4. The number of amides is 1. The summed E-state index contributed by atoms with van der Waals surface area (Å²) >= 11 is 0. The van der Waals surface area contributed by atoms with E-state index in [9.17, 15) is 4.79 Å². The van der Waals surface area contributed by atoms with Crippen LogP contribution in [0.5, 0.6) is 5.75 Å². The lowest BCUT2D eigenvalue weighted by Gasteiger charge is -2.33. The zero-order chi connectivity index (χ0) is 17.1. The van der Waals surface area contributed by atoms with Gasteiger partial charge in [0.05, 0.1) is 24.6 Å². The van der Waals surface area contributed by atoms with Crippen molar-refractivity contribution in [3.8, 4) is 17.0 Å². The average molecular weight is 328 g/mol. The van der Waals surface area contributed by atoms with Crippen LogP contribution in [0, 0.1) is 5.92 Å².